The zero-order valence-electron chi connectivity index (χ0n) is 10.5. The van der Waals surface area contributed by atoms with Crippen molar-refractivity contribution >= 4 is 45.4 Å². The average molecular weight is 336 g/mol. The van der Waals surface area contributed by atoms with E-state index in [2.05, 4.69) is 9.71 Å². The van der Waals surface area contributed by atoms with Crippen LogP contribution in [0.4, 0.5) is 0 Å². The second kappa shape index (κ2) is 7.57. The van der Waals surface area contributed by atoms with Gasteiger partial charge in [0, 0.05) is 29.7 Å². The summed E-state index contributed by atoms with van der Waals surface area (Å²) in [5.41, 5.74) is 11.7. The minimum Gasteiger partial charge on any atom is -0.386 e. The van der Waals surface area contributed by atoms with Crippen molar-refractivity contribution in [2.45, 2.75) is 6.42 Å². The first-order valence-electron chi connectivity index (χ1n) is 5.39. The van der Waals surface area contributed by atoms with Crippen LogP contribution < -0.4 is 21.9 Å². The molecule has 0 aromatic rings. The smallest absolute Gasteiger partial charge is 0.318 e. The molecule has 0 aliphatic carbocycles. The van der Waals surface area contributed by atoms with Crippen molar-refractivity contribution in [1.29, 1.82) is 5.41 Å². The molecule has 0 aromatic carbocycles. The second-order valence-electron chi connectivity index (χ2n) is 3.75. The van der Waals surface area contributed by atoms with Gasteiger partial charge in [-0.2, -0.15) is 20.2 Å². The van der Waals surface area contributed by atoms with Gasteiger partial charge in [-0.25, -0.2) is 5.14 Å². The van der Waals surface area contributed by atoms with Crippen LogP contribution in [-0.2, 0) is 10.2 Å². The summed E-state index contributed by atoms with van der Waals surface area (Å²) in [5.74, 6) is 1.33. The Morgan fingerprint density at radius 3 is 2.85 bits per heavy atom. The quantitative estimate of drug-likeness (QED) is 0.241. The minimum atomic E-state index is -3.91. The van der Waals surface area contributed by atoms with Gasteiger partial charge in [-0.15, -0.1) is 4.40 Å². The Labute approximate surface area is 126 Å². The number of nitrogens with one attached hydrogen (secondary N) is 2. The van der Waals surface area contributed by atoms with Crippen molar-refractivity contribution in [3.8, 4) is 0 Å². The van der Waals surface area contributed by atoms with E-state index >= 15 is 0 Å². The second-order valence-corrected chi connectivity index (χ2v) is 6.98. The molecule has 8 nitrogen and oxygen atoms in total. The summed E-state index contributed by atoms with van der Waals surface area (Å²) in [4.78, 5) is 0. The van der Waals surface area contributed by atoms with Crippen molar-refractivity contribution in [3.63, 3.8) is 0 Å². The van der Waals surface area contributed by atoms with Gasteiger partial charge in [-0.3, -0.25) is 5.41 Å². The zero-order valence-corrected chi connectivity index (χ0v) is 12.9. The normalized spacial score (nSPS) is 17.9. The van der Waals surface area contributed by atoms with Gasteiger partial charge in [-0.1, -0.05) is 11.8 Å². The molecule has 0 spiro atoms. The van der Waals surface area contributed by atoms with Gasteiger partial charge in [0.2, 0.25) is 0 Å². The molecule has 0 bridgehead atoms. The van der Waals surface area contributed by atoms with E-state index in [4.69, 9.17) is 22.0 Å². The Hall–Kier alpha value is -1.17. The van der Waals surface area contributed by atoms with Gasteiger partial charge in [0.15, 0.2) is 0 Å². The van der Waals surface area contributed by atoms with Crippen LogP contribution in [0, 0.1) is 5.41 Å². The Morgan fingerprint density at radius 2 is 2.25 bits per heavy atom. The van der Waals surface area contributed by atoms with Crippen molar-refractivity contribution in [3.05, 3.63) is 22.2 Å². The van der Waals surface area contributed by atoms with Crippen LogP contribution in [0.15, 0.2) is 26.6 Å². The number of amidine groups is 2. The van der Waals surface area contributed by atoms with Crippen molar-refractivity contribution in [2.24, 2.45) is 21.0 Å². The van der Waals surface area contributed by atoms with Gasteiger partial charge in [0.1, 0.15) is 11.7 Å². The van der Waals surface area contributed by atoms with Crippen LogP contribution in [0.3, 0.4) is 0 Å². The maximum Gasteiger partial charge on any atom is 0.318 e. The molecule has 0 amide bonds. The highest BCUT2D eigenvalue weighted by Crippen LogP contribution is 2.25. The monoisotopic (exact) mass is 336 g/mol. The lowest BCUT2D eigenvalue weighted by atomic mass is 10.5. The standard InChI is InChI=1S/C9H16N6O2S3/c10-7(11)3-9-14-6(5-19-9)4-18-2-1-8(12)15-20(13,16)17/h3,5,14H,1-2,4H2,(H3,10,11)(H2,12,15)(H2,13,16,17)/b9-3-. The molecule has 1 aliphatic rings. The molecule has 1 aliphatic heterocycles. The number of nitrogens with zero attached hydrogens (tertiary/aromatic N) is 1. The van der Waals surface area contributed by atoms with Gasteiger partial charge >= 0.3 is 10.2 Å². The molecular formula is C9H16N6O2S3. The fourth-order valence-electron chi connectivity index (χ4n) is 1.20. The molecule has 1 rings (SSSR count). The lowest BCUT2D eigenvalue weighted by molar-refractivity contribution is 0.599. The third kappa shape index (κ3) is 7.43. The lowest BCUT2D eigenvalue weighted by Crippen LogP contribution is -2.19. The zero-order chi connectivity index (χ0) is 15.2. The number of hydrogen-bond acceptors (Lipinski definition) is 6. The largest absolute Gasteiger partial charge is 0.386 e. The molecule has 1 heterocycles. The molecule has 20 heavy (non-hydrogen) atoms. The lowest BCUT2D eigenvalue weighted by Gasteiger charge is -2.04. The molecule has 0 radical (unpaired) electrons. The first-order valence-corrected chi connectivity index (χ1v) is 8.93. The fraction of sp³-hybridized carbons (Fsp3) is 0.333. The summed E-state index contributed by atoms with van der Waals surface area (Å²) in [5, 5.41) is 17.7. The number of nitrogens with two attached hydrogens (primary N) is 3. The molecular weight excluding hydrogens is 320 g/mol. The molecule has 0 unspecified atom stereocenters. The Kier molecular flexibility index (Phi) is 6.39. The predicted molar refractivity (Wildman–Crippen MR) is 85.5 cm³/mol. The number of rotatable bonds is 7. The van der Waals surface area contributed by atoms with Crippen LogP contribution in [0.1, 0.15) is 6.42 Å². The summed E-state index contributed by atoms with van der Waals surface area (Å²) in [6.45, 7) is 0. The Balaban J connectivity index is 2.27. The third-order valence-electron chi connectivity index (χ3n) is 1.90. The van der Waals surface area contributed by atoms with Crippen LogP contribution in [0.25, 0.3) is 0 Å². The molecule has 112 valence electrons. The molecule has 0 atom stereocenters. The number of thioether (sulfide) groups is 2. The van der Waals surface area contributed by atoms with E-state index in [1.807, 2.05) is 5.41 Å². The minimum absolute atomic E-state index is 0.0000924. The number of hydrogen-bond donors (Lipinski definition) is 5. The summed E-state index contributed by atoms with van der Waals surface area (Å²) >= 11 is 3.03. The van der Waals surface area contributed by atoms with E-state index in [-0.39, 0.29) is 11.7 Å². The maximum atomic E-state index is 10.7. The van der Waals surface area contributed by atoms with E-state index in [1.54, 1.807) is 11.8 Å². The summed E-state index contributed by atoms with van der Waals surface area (Å²) < 4.78 is 24.5. The Morgan fingerprint density at radius 1 is 1.55 bits per heavy atom. The maximum absolute atomic E-state index is 10.7. The highest BCUT2D eigenvalue weighted by atomic mass is 32.2. The molecule has 11 heteroatoms. The van der Waals surface area contributed by atoms with E-state index in [1.165, 1.54) is 17.8 Å². The molecule has 0 saturated heterocycles. The summed E-state index contributed by atoms with van der Waals surface area (Å²) in [6.07, 6.45) is 1.88. The fourth-order valence-corrected chi connectivity index (χ4v) is 3.39. The topological polar surface area (TPSA) is 160 Å². The Bertz CT molecular complexity index is 566. The van der Waals surface area contributed by atoms with Crippen molar-refractivity contribution < 1.29 is 8.42 Å². The molecule has 0 saturated carbocycles. The van der Waals surface area contributed by atoms with Crippen LogP contribution >= 0.6 is 23.5 Å². The SMILES string of the molecule is N=C(N)/C=C1/NC(CSCC/C(N)=N\S(N)(=O)=O)=CS1. The van der Waals surface area contributed by atoms with E-state index in [0.717, 1.165) is 10.7 Å². The van der Waals surface area contributed by atoms with E-state index < -0.39 is 10.2 Å². The van der Waals surface area contributed by atoms with Gasteiger partial charge in [-0.05, 0) is 5.41 Å². The van der Waals surface area contributed by atoms with Gasteiger partial charge in [0.05, 0.1) is 5.03 Å². The van der Waals surface area contributed by atoms with Crippen molar-refractivity contribution in [2.75, 3.05) is 11.5 Å². The molecule has 8 N–H and O–H groups in total. The molecule has 0 fully saturated rings. The highest BCUT2D eigenvalue weighted by molar-refractivity contribution is 8.06. The van der Waals surface area contributed by atoms with Gasteiger partial charge < -0.3 is 16.8 Å². The highest BCUT2D eigenvalue weighted by Gasteiger charge is 2.10. The average Bonchev–Trinajstić information content (AvgIpc) is 2.68. The summed E-state index contributed by atoms with van der Waals surface area (Å²) in [6, 6.07) is 0. The van der Waals surface area contributed by atoms with Crippen molar-refractivity contribution in [1.82, 2.24) is 5.32 Å². The summed E-state index contributed by atoms with van der Waals surface area (Å²) in [7, 11) is -3.91. The van der Waals surface area contributed by atoms with Crippen LogP contribution in [-0.4, -0.2) is 31.6 Å². The first kappa shape index (κ1) is 16.9. The van der Waals surface area contributed by atoms with E-state index in [9.17, 15) is 8.42 Å². The predicted octanol–water partition coefficient (Wildman–Crippen LogP) is -0.374. The van der Waals surface area contributed by atoms with Crippen LogP contribution in [0.5, 0.6) is 0 Å². The third-order valence-corrected chi connectivity index (χ3v) is 4.28. The van der Waals surface area contributed by atoms with Crippen LogP contribution in [0.2, 0.25) is 0 Å². The van der Waals surface area contributed by atoms with E-state index in [0.29, 0.717) is 17.9 Å². The molecule has 0 aromatic heterocycles. The van der Waals surface area contributed by atoms with Gasteiger partial charge in [0.25, 0.3) is 0 Å². The first-order chi connectivity index (χ1) is 9.26.